The topological polar surface area (TPSA) is 88.4 Å². The van der Waals surface area contributed by atoms with Crippen molar-refractivity contribution in [2.75, 3.05) is 34.0 Å². The van der Waals surface area contributed by atoms with E-state index >= 15 is 0 Å². The molecule has 0 fully saturated rings. The molecular formula is C14H20O6. The highest BCUT2D eigenvalue weighted by molar-refractivity contribution is 5.62. The molecule has 0 aliphatic rings. The van der Waals surface area contributed by atoms with Crippen molar-refractivity contribution in [3.05, 3.63) is 23.8 Å². The van der Waals surface area contributed by atoms with Gasteiger partial charge < -0.3 is 29.5 Å². The Bertz CT molecular complexity index is 414. The van der Waals surface area contributed by atoms with E-state index in [0.29, 0.717) is 17.2 Å². The summed E-state index contributed by atoms with van der Waals surface area (Å²) in [5, 5.41) is 26.9. The van der Waals surface area contributed by atoms with Crippen molar-refractivity contribution in [1.29, 1.82) is 0 Å². The minimum Gasteiger partial charge on any atom is -0.493 e. The Hall–Kier alpha value is -1.76. The zero-order valence-electron chi connectivity index (χ0n) is 11.6. The van der Waals surface area contributed by atoms with Crippen LogP contribution in [-0.4, -0.2) is 55.5 Å². The van der Waals surface area contributed by atoms with Crippen molar-refractivity contribution in [3.63, 3.8) is 0 Å². The van der Waals surface area contributed by atoms with Gasteiger partial charge in [-0.05, 0) is 17.7 Å². The van der Waals surface area contributed by atoms with Crippen LogP contribution in [0.2, 0.25) is 0 Å². The smallest absolute Gasteiger partial charge is 0.204 e. The molecule has 0 unspecified atom stereocenters. The maximum absolute atomic E-state index is 9.08. The monoisotopic (exact) mass is 284 g/mol. The molecule has 0 aromatic heterocycles. The maximum atomic E-state index is 9.08. The molecule has 0 spiro atoms. The molecule has 6 nitrogen and oxygen atoms in total. The molecule has 112 valence electrons. The van der Waals surface area contributed by atoms with Crippen LogP contribution in [-0.2, 0) is 0 Å². The van der Waals surface area contributed by atoms with Crippen LogP contribution in [0.5, 0.6) is 17.2 Å². The molecule has 0 aliphatic heterocycles. The summed E-state index contributed by atoms with van der Waals surface area (Å²) in [4.78, 5) is 0. The Morgan fingerprint density at radius 1 is 1.05 bits per heavy atom. The lowest BCUT2D eigenvalue weighted by molar-refractivity contribution is 0.0589. The summed E-state index contributed by atoms with van der Waals surface area (Å²) in [5.41, 5.74) is 0.768. The second kappa shape index (κ2) is 8.42. The number of ether oxygens (including phenoxy) is 3. The summed E-state index contributed by atoms with van der Waals surface area (Å²) in [7, 11) is 2.96. The first kappa shape index (κ1) is 16.3. The number of aliphatic hydroxyl groups excluding tert-OH is 3. The van der Waals surface area contributed by atoms with Crippen LogP contribution in [0.1, 0.15) is 5.56 Å². The molecule has 20 heavy (non-hydrogen) atoms. The predicted octanol–water partition coefficient (Wildman–Crippen LogP) is 0.441. The number of methoxy groups -OCH3 is 2. The van der Waals surface area contributed by atoms with Crippen LogP contribution in [0.4, 0.5) is 0 Å². The quantitative estimate of drug-likeness (QED) is 0.642. The highest BCUT2D eigenvalue weighted by Gasteiger charge is 2.17. The zero-order chi connectivity index (χ0) is 15.0. The standard InChI is InChI=1S/C14H20O6/c1-18-12-6-10(4-3-5-15)7-13(19-2)14(12)20-11(8-16)9-17/h3-4,6-7,11,15-17H,5,8-9H2,1-2H3. The predicted molar refractivity (Wildman–Crippen MR) is 74.3 cm³/mol. The van der Waals surface area contributed by atoms with E-state index in [0.717, 1.165) is 5.56 Å². The van der Waals surface area contributed by atoms with Gasteiger partial charge in [0.2, 0.25) is 5.75 Å². The van der Waals surface area contributed by atoms with Crippen LogP contribution in [0.3, 0.4) is 0 Å². The molecule has 1 aromatic carbocycles. The van der Waals surface area contributed by atoms with Crippen LogP contribution in [0.15, 0.2) is 18.2 Å². The van der Waals surface area contributed by atoms with Gasteiger partial charge in [0.25, 0.3) is 0 Å². The fourth-order valence-electron chi connectivity index (χ4n) is 1.60. The molecule has 0 atom stereocenters. The number of hydrogen-bond donors (Lipinski definition) is 3. The first-order valence-corrected chi connectivity index (χ1v) is 6.11. The minimum absolute atomic E-state index is 0.0695. The van der Waals surface area contributed by atoms with Gasteiger partial charge in [0, 0.05) is 0 Å². The lowest BCUT2D eigenvalue weighted by atomic mass is 10.1. The molecule has 0 amide bonds. The normalized spacial score (nSPS) is 11.1. The Morgan fingerprint density at radius 3 is 2.00 bits per heavy atom. The van der Waals surface area contributed by atoms with Gasteiger partial charge in [0.1, 0.15) is 6.10 Å². The summed E-state index contributed by atoms with van der Waals surface area (Å²) >= 11 is 0. The van der Waals surface area contributed by atoms with Crippen molar-refractivity contribution < 1.29 is 29.5 Å². The van der Waals surface area contributed by atoms with E-state index in [9.17, 15) is 0 Å². The second-order valence-corrected chi connectivity index (χ2v) is 3.94. The third-order valence-corrected chi connectivity index (χ3v) is 2.59. The van der Waals surface area contributed by atoms with E-state index < -0.39 is 6.10 Å². The highest BCUT2D eigenvalue weighted by Crippen LogP contribution is 2.39. The van der Waals surface area contributed by atoms with E-state index in [4.69, 9.17) is 29.5 Å². The van der Waals surface area contributed by atoms with Gasteiger partial charge in [-0.1, -0.05) is 12.2 Å². The second-order valence-electron chi connectivity index (χ2n) is 3.94. The molecule has 0 saturated carbocycles. The third kappa shape index (κ3) is 4.12. The lowest BCUT2D eigenvalue weighted by Crippen LogP contribution is -2.25. The molecule has 1 aromatic rings. The number of rotatable bonds is 8. The molecule has 0 radical (unpaired) electrons. The van der Waals surface area contributed by atoms with Crippen molar-refractivity contribution in [1.82, 2.24) is 0 Å². The van der Waals surface area contributed by atoms with E-state index in [1.807, 2.05) is 0 Å². The van der Waals surface area contributed by atoms with Crippen LogP contribution < -0.4 is 14.2 Å². The van der Waals surface area contributed by atoms with E-state index in [1.54, 1.807) is 24.3 Å². The van der Waals surface area contributed by atoms with Gasteiger partial charge in [-0.2, -0.15) is 0 Å². The summed E-state index contributed by atoms with van der Waals surface area (Å²) in [6.07, 6.45) is 2.54. The first-order chi connectivity index (χ1) is 9.69. The van der Waals surface area contributed by atoms with Crippen LogP contribution in [0, 0.1) is 0 Å². The van der Waals surface area contributed by atoms with E-state index in [1.165, 1.54) is 14.2 Å². The largest absolute Gasteiger partial charge is 0.493 e. The van der Waals surface area contributed by atoms with Gasteiger partial charge in [-0.3, -0.25) is 0 Å². The maximum Gasteiger partial charge on any atom is 0.204 e. The lowest BCUT2D eigenvalue weighted by Gasteiger charge is -2.19. The zero-order valence-corrected chi connectivity index (χ0v) is 11.6. The molecule has 0 bridgehead atoms. The Kier molecular flexibility index (Phi) is 6.86. The average molecular weight is 284 g/mol. The molecular weight excluding hydrogens is 264 g/mol. The van der Waals surface area contributed by atoms with Crippen LogP contribution in [0.25, 0.3) is 6.08 Å². The Morgan fingerprint density at radius 2 is 1.60 bits per heavy atom. The SMILES string of the molecule is COc1cc(C=CCO)cc(OC)c1OC(CO)CO. The van der Waals surface area contributed by atoms with Crippen molar-refractivity contribution in [2.45, 2.75) is 6.10 Å². The molecule has 3 N–H and O–H groups in total. The first-order valence-electron chi connectivity index (χ1n) is 6.11. The number of hydrogen-bond acceptors (Lipinski definition) is 6. The fourth-order valence-corrected chi connectivity index (χ4v) is 1.60. The van der Waals surface area contributed by atoms with Crippen molar-refractivity contribution in [2.24, 2.45) is 0 Å². The highest BCUT2D eigenvalue weighted by atomic mass is 16.6. The number of aliphatic hydroxyl groups is 3. The Balaban J connectivity index is 3.17. The molecule has 0 aliphatic carbocycles. The summed E-state index contributed by atoms with van der Waals surface area (Å²) < 4.78 is 16.0. The van der Waals surface area contributed by atoms with Gasteiger partial charge in [0.05, 0.1) is 34.0 Å². The Labute approximate surface area is 117 Å². The van der Waals surface area contributed by atoms with Crippen molar-refractivity contribution >= 4 is 6.08 Å². The minimum atomic E-state index is -0.753. The van der Waals surface area contributed by atoms with Gasteiger partial charge in [-0.15, -0.1) is 0 Å². The van der Waals surface area contributed by atoms with Crippen molar-refractivity contribution in [3.8, 4) is 17.2 Å². The van der Waals surface area contributed by atoms with Gasteiger partial charge in [0.15, 0.2) is 11.5 Å². The summed E-state index contributed by atoms with van der Waals surface area (Å²) in [5.74, 6) is 1.13. The van der Waals surface area contributed by atoms with Gasteiger partial charge in [-0.25, -0.2) is 0 Å². The molecule has 0 saturated heterocycles. The summed E-state index contributed by atoms with van der Waals surface area (Å²) in [6, 6.07) is 3.41. The average Bonchev–Trinajstić information content (AvgIpc) is 2.50. The molecule has 0 heterocycles. The molecule has 1 rings (SSSR count). The fraction of sp³-hybridized carbons (Fsp3) is 0.429. The van der Waals surface area contributed by atoms with Gasteiger partial charge >= 0.3 is 0 Å². The van der Waals surface area contributed by atoms with E-state index in [-0.39, 0.29) is 19.8 Å². The third-order valence-electron chi connectivity index (χ3n) is 2.59. The van der Waals surface area contributed by atoms with Crippen LogP contribution >= 0.6 is 0 Å². The summed E-state index contributed by atoms with van der Waals surface area (Å²) in [6.45, 7) is -0.718. The molecule has 6 heteroatoms. The number of benzene rings is 1. The van der Waals surface area contributed by atoms with E-state index in [2.05, 4.69) is 0 Å².